The van der Waals surface area contributed by atoms with E-state index in [1.807, 2.05) is 6.92 Å². The number of methoxy groups -OCH3 is 1. The first kappa shape index (κ1) is 19.0. The maximum atomic E-state index is 12.7. The number of rotatable bonds is 5. The molecular formula is C16H23ClN2O4S. The third-order valence-corrected chi connectivity index (χ3v) is 6.39. The van der Waals surface area contributed by atoms with E-state index in [2.05, 4.69) is 0 Å². The van der Waals surface area contributed by atoms with Crippen LogP contribution < -0.4 is 4.74 Å². The van der Waals surface area contributed by atoms with E-state index in [1.165, 1.54) is 11.4 Å². The molecule has 1 aromatic carbocycles. The van der Waals surface area contributed by atoms with E-state index in [1.54, 1.807) is 23.1 Å². The highest BCUT2D eigenvalue weighted by Gasteiger charge is 2.27. The van der Waals surface area contributed by atoms with Crippen LogP contribution in [-0.4, -0.2) is 62.6 Å². The summed E-state index contributed by atoms with van der Waals surface area (Å²) in [5.41, 5.74) is 0.405. The Kier molecular flexibility index (Phi) is 6.48. The molecule has 0 saturated carbocycles. The van der Waals surface area contributed by atoms with E-state index in [0.717, 1.165) is 0 Å². The summed E-state index contributed by atoms with van der Waals surface area (Å²) in [7, 11) is -1.70. The van der Waals surface area contributed by atoms with Crippen molar-refractivity contribution >= 4 is 27.5 Å². The standard InChI is InChI=1S/C16H23ClN2O4S/c1-3-11-24(21,22)19-8-4-7-18(9-10-19)16(20)14-6-5-13(23-2)12-15(14)17/h5-6,12H,3-4,7-11H2,1-2H3. The minimum atomic E-state index is -3.23. The summed E-state index contributed by atoms with van der Waals surface area (Å²) < 4.78 is 31.0. The lowest BCUT2D eigenvalue weighted by molar-refractivity contribution is 0.0764. The molecule has 0 atom stereocenters. The monoisotopic (exact) mass is 374 g/mol. The van der Waals surface area contributed by atoms with Gasteiger partial charge in [0.15, 0.2) is 0 Å². The molecule has 6 nitrogen and oxygen atoms in total. The number of carbonyl (C=O) groups is 1. The highest BCUT2D eigenvalue weighted by molar-refractivity contribution is 7.89. The van der Waals surface area contributed by atoms with Gasteiger partial charge in [-0.2, -0.15) is 0 Å². The van der Waals surface area contributed by atoms with Gasteiger partial charge in [0.25, 0.3) is 5.91 Å². The van der Waals surface area contributed by atoms with Crippen molar-refractivity contribution in [1.82, 2.24) is 9.21 Å². The summed E-state index contributed by atoms with van der Waals surface area (Å²) in [6.07, 6.45) is 1.20. The van der Waals surface area contributed by atoms with Gasteiger partial charge in [-0.25, -0.2) is 12.7 Å². The number of hydrogen-bond acceptors (Lipinski definition) is 4. The van der Waals surface area contributed by atoms with Gasteiger partial charge in [0.05, 0.1) is 23.4 Å². The van der Waals surface area contributed by atoms with Crippen molar-refractivity contribution in [2.24, 2.45) is 0 Å². The highest BCUT2D eigenvalue weighted by Crippen LogP contribution is 2.24. The molecule has 1 aromatic rings. The Morgan fingerprint density at radius 3 is 2.62 bits per heavy atom. The minimum absolute atomic E-state index is 0.144. The SMILES string of the molecule is CCCS(=O)(=O)N1CCCN(C(=O)c2ccc(OC)cc2Cl)CC1. The molecule has 1 amide bonds. The Bertz CT molecular complexity index is 693. The number of amides is 1. The Labute approximate surface area is 148 Å². The van der Waals surface area contributed by atoms with Crippen LogP contribution in [0.4, 0.5) is 0 Å². The van der Waals surface area contributed by atoms with E-state index in [-0.39, 0.29) is 11.7 Å². The molecule has 1 aliphatic rings. The van der Waals surface area contributed by atoms with Crippen molar-refractivity contribution in [1.29, 1.82) is 0 Å². The molecule has 1 fully saturated rings. The Balaban J connectivity index is 2.10. The molecule has 24 heavy (non-hydrogen) atoms. The van der Waals surface area contributed by atoms with E-state index in [9.17, 15) is 13.2 Å². The van der Waals surface area contributed by atoms with Crippen molar-refractivity contribution in [3.63, 3.8) is 0 Å². The minimum Gasteiger partial charge on any atom is -0.497 e. The fourth-order valence-corrected chi connectivity index (χ4v) is 4.52. The molecule has 2 rings (SSSR count). The Hall–Kier alpha value is -1.31. The van der Waals surface area contributed by atoms with Crippen LogP contribution in [0.15, 0.2) is 18.2 Å². The van der Waals surface area contributed by atoms with E-state index in [0.29, 0.717) is 55.4 Å². The predicted octanol–water partition coefficient (Wildman–Crippen LogP) is 2.24. The number of ether oxygens (including phenoxy) is 1. The number of benzene rings is 1. The second-order valence-corrected chi connectivity index (χ2v) is 8.20. The summed E-state index contributed by atoms with van der Waals surface area (Å²) >= 11 is 6.17. The number of nitrogens with zero attached hydrogens (tertiary/aromatic N) is 2. The molecule has 1 heterocycles. The highest BCUT2D eigenvalue weighted by atomic mass is 35.5. The normalized spacial score (nSPS) is 16.7. The largest absolute Gasteiger partial charge is 0.497 e. The second kappa shape index (κ2) is 8.18. The summed E-state index contributed by atoms with van der Waals surface area (Å²) in [6, 6.07) is 4.93. The predicted molar refractivity (Wildman–Crippen MR) is 94.2 cm³/mol. The van der Waals surface area contributed by atoms with Gasteiger partial charge in [0.2, 0.25) is 10.0 Å². The first-order chi connectivity index (χ1) is 11.4. The summed E-state index contributed by atoms with van der Waals surface area (Å²) in [5.74, 6) is 0.548. The first-order valence-electron chi connectivity index (χ1n) is 7.99. The van der Waals surface area contributed by atoms with Gasteiger partial charge in [0.1, 0.15) is 5.75 Å². The quantitative estimate of drug-likeness (QED) is 0.792. The van der Waals surface area contributed by atoms with Crippen LogP contribution in [0, 0.1) is 0 Å². The summed E-state index contributed by atoms with van der Waals surface area (Å²) in [5, 5.41) is 0.332. The molecule has 0 spiro atoms. The lowest BCUT2D eigenvalue weighted by Crippen LogP contribution is -2.38. The van der Waals surface area contributed by atoms with Crippen molar-refractivity contribution < 1.29 is 17.9 Å². The van der Waals surface area contributed by atoms with E-state index in [4.69, 9.17) is 16.3 Å². The van der Waals surface area contributed by atoms with Gasteiger partial charge in [-0.1, -0.05) is 18.5 Å². The average molecular weight is 375 g/mol. The van der Waals surface area contributed by atoms with Crippen LogP contribution in [0.3, 0.4) is 0 Å². The van der Waals surface area contributed by atoms with Gasteiger partial charge in [-0.3, -0.25) is 4.79 Å². The van der Waals surface area contributed by atoms with Crippen molar-refractivity contribution in [2.75, 3.05) is 39.0 Å². The number of halogens is 1. The zero-order valence-corrected chi connectivity index (χ0v) is 15.6. The third kappa shape index (κ3) is 4.40. The maximum Gasteiger partial charge on any atom is 0.255 e. The number of sulfonamides is 1. The van der Waals surface area contributed by atoms with Crippen molar-refractivity contribution in [3.8, 4) is 5.75 Å². The molecule has 0 aliphatic carbocycles. The molecule has 0 aromatic heterocycles. The Morgan fingerprint density at radius 1 is 1.25 bits per heavy atom. The van der Waals surface area contributed by atoms with Crippen LogP contribution in [-0.2, 0) is 10.0 Å². The molecule has 134 valence electrons. The van der Waals surface area contributed by atoms with Crippen molar-refractivity contribution in [3.05, 3.63) is 28.8 Å². The first-order valence-corrected chi connectivity index (χ1v) is 9.98. The molecular weight excluding hydrogens is 352 g/mol. The van der Waals surface area contributed by atoms with Crippen molar-refractivity contribution in [2.45, 2.75) is 19.8 Å². The van der Waals surface area contributed by atoms with Gasteiger partial charge in [-0.15, -0.1) is 0 Å². The average Bonchev–Trinajstić information content (AvgIpc) is 2.80. The Morgan fingerprint density at radius 2 is 2.00 bits per heavy atom. The van der Waals surface area contributed by atoms with Gasteiger partial charge in [0, 0.05) is 26.2 Å². The second-order valence-electron chi connectivity index (χ2n) is 5.71. The summed E-state index contributed by atoms with van der Waals surface area (Å²) in [6.45, 7) is 3.49. The zero-order valence-electron chi connectivity index (χ0n) is 14.0. The smallest absolute Gasteiger partial charge is 0.255 e. The topological polar surface area (TPSA) is 66.9 Å². The molecule has 1 saturated heterocycles. The van der Waals surface area contributed by atoms with E-state index >= 15 is 0 Å². The summed E-state index contributed by atoms with van der Waals surface area (Å²) in [4.78, 5) is 14.3. The van der Waals surface area contributed by atoms with Crippen LogP contribution in [0.1, 0.15) is 30.1 Å². The molecule has 1 aliphatic heterocycles. The molecule has 0 N–H and O–H groups in total. The lowest BCUT2D eigenvalue weighted by atomic mass is 10.2. The third-order valence-electron chi connectivity index (χ3n) is 4.00. The maximum absolute atomic E-state index is 12.7. The zero-order chi connectivity index (χ0) is 17.7. The van der Waals surface area contributed by atoms with Crippen LogP contribution in [0.5, 0.6) is 5.75 Å². The van der Waals surface area contributed by atoms with Crippen LogP contribution in [0.25, 0.3) is 0 Å². The number of hydrogen-bond donors (Lipinski definition) is 0. The van der Waals surface area contributed by atoms with E-state index < -0.39 is 10.0 Å². The van der Waals surface area contributed by atoms with Gasteiger partial charge >= 0.3 is 0 Å². The van der Waals surface area contributed by atoms with Crippen LogP contribution >= 0.6 is 11.6 Å². The molecule has 0 unspecified atom stereocenters. The van der Waals surface area contributed by atoms with Gasteiger partial charge in [-0.05, 0) is 31.0 Å². The van der Waals surface area contributed by atoms with Crippen LogP contribution in [0.2, 0.25) is 5.02 Å². The van der Waals surface area contributed by atoms with Gasteiger partial charge < -0.3 is 9.64 Å². The fourth-order valence-electron chi connectivity index (χ4n) is 2.73. The molecule has 0 radical (unpaired) electrons. The molecule has 8 heteroatoms. The molecule has 0 bridgehead atoms. The lowest BCUT2D eigenvalue weighted by Gasteiger charge is -2.22. The number of carbonyl (C=O) groups excluding carboxylic acids is 1. The fraction of sp³-hybridized carbons (Fsp3) is 0.562.